The molecule has 2 N–H and O–H groups in total. The predicted octanol–water partition coefficient (Wildman–Crippen LogP) is 5.26. The molecule has 1 aliphatic rings. The fourth-order valence-corrected chi connectivity index (χ4v) is 4.75. The van der Waals surface area contributed by atoms with Crippen molar-refractivity contribution in [2.75, 3.05) is 13.1 Å². The van der Waals surface area contributed by atoms with Crippen LogP contribution in [0.2, 0.25) is 0 Å². The van der Waals surface area contributed by atoms with Crippen LogP contribution in [0.1, 0.15) is 38.3 Å². The normalized spacial score (nSPS) is 17.0. The van der Waals surface area contributed by atoms with E-state index in [0.717, 1.165) is 22.3 Å². The van der Waals surface area contributed by atoms with Gasteiger partial charge < -0.3 is 15.4 Å². The molecule has 0 bridgehead atoms. The van der Waals surface area contributed by atoms with Crippen molar-refractivity contribution in [2.45, 2.75) is 57.8 Å². The van der Waals surface area contributed by atoms with Gasteiger partial charge in [-0.2, -0.15) is 0 Å². The summed E-state index contributed by atoms with van der Waals surface area (Å²) in [6.45, 7) is 6.87. The maximum absolute atomic E-state index is 13.7. The first-order valence-corrected chi connectivity index (χ1v) is 12.9. The van der Waals surface area contributed by atoms with Gasteiger partial charge >= 0.3 is 6.09 Å². The molecule has 37 heavy (non-hydrogen) atoms. The van der Waals surface area contributed by atoms with Crippen molar-refractivity contribution < 1.29 is 14.3 Å². The quantitative estimate of drug-likeness (QED) is 0.481. The largest absolute Gasteiger partial charge is 0.444 e. The maximum atomic E-state index is 13.7. The molecule has 4 rings (SSSR count). The highest BCUT2D eigenvalue weighted by atomic mass is 16.6. The van der Waals surface area contributed by atoms with Gasteiger partial charge in [0.05, 0.1) is 0 Å². The molecule has 0 aliphatic carbocycles. The van der Waals surface area contributed by atoms with Gasteiger partial charge in [0.15, 0.2) is 0 Å². The standard InChI is InChI=1S/C31H37N3O3/c1-31(2,3)37-30(36)34-18-17-33(22-23-11-6-4-7-12-23)29(35)28(34)21-27(32)20-24-13-10-16-26(19-24)25-14-8-5-9-15-25/h4-16,19,27-28H,17-18,20-22,32H2,1-3H3/t27-,28-/m0/s1. The topological polar surface area (TPSA) is 75.9 Å². The van der Waals surface area contributed by atoms with Crippen LogP contribution >= 0.6 is 0 Å². The monoisotopic (exact) mass is 499 g/mol. The Morgan fingerprint density at radius 1 is 0.919 bits per heavy atom. The zero-order valence-electron chi connectivity index (χ0n) is 22.0. The Morgan fingerprint density at radius 3 is 2.22 bits per heavy atom. The fraction of sp³-hybridized carbons (Fsp3) is 0.355. The minimum absolute atomic E-state index is 0.0885. The van der Waals surface area contributed by atoms with E-state index in [9.17, 15) is 9.59 Å². The Labute approximate surface area is 220 Å². The van der Waals surface area contributed by atoms with Crippen LogP contribution in [-0.2, 0) is 22.5 Å². The van der Waals surface area contributed by atoms with E-state index in [4.69, 9.17) is 10.5 Å². The van der Waals surface area contributed by atoms with Crippen molar-refractivity contribution in [1.82, 2.24) is 9.80 Å². The number of piperazine rings is 1. The third-order valence-corrected chi connectivity index (χ3v) is 6.49. The summed E-state index contributed by atoms with van der Waals surface area (Å²) in [7, 11) is 0. The van der Waals surface area contributed by atoms with Gasteiger partial charge in [0.1, 0.15) is 11.6 Å². The van der Waals surface area contributed by atoms with Gasteiger partial charge in [0.2, 0.25) is 5.91 Å². The lowest BCUT2D eigenvalue weighted by atomic mass is 9.95. The molecule has 2 amide bonds. The molecule has 1 aliphatic heterocycles. The van der Waals surface area contributed by atoms with E-state index in [1.54, 1.807) is 4.90 Å². The maximum Gasteiger partial charge on any atom is 0.411 e. The number of hydrogen-bond acceptors (Lipinski definition) is 4. The van der Waals surface area contributed by atoms with Crippen LogP contribution in [0.3, 0.4) is 0 Å². The minimum atomic E-state index is -0.667. The summed E-state index contributed by atoms with van der Waals surface area (Å²) in [4.78, 5) is 30.1. The Bertz CT molecular complexity index is 1190. The molecule has 3 aromatic carbocycles. The summed E-state index contributed by atoms with van der Waals surface area (Å²) in [6.07, 6.45) is 0.494. The Balaban J connectivity index is 1.50. The molecule has 1 fully saturated rings. The van der Waals surface area contributed by atoms with Gasteiger partial charge in [0, 0.05) is 25.7 Å². The van der Waals surface area contributed by atoms with E-state index < -0.39 is 17.7 Å². The lowest BCUT2D eigenvalue weighted by Gasteiger charge is -2.41. The third-order valence-electron chi connectivity index (χ3n) is 6.49. The summed E-state index contributed by atoms with van der Waals surface area (Å²) >= 11 is 0. The molecule has 6 nitrogen and oxygen atoms in total. The molecule has 3 aromatic rings. The summed E-state index contributed by atoms with van der Waals surface area (Å²) < 4.78 is 5.65. The van der Waals surface area contributed by atoms with E-state index in [1.165, 1.54) is 0 Å². The first-order chi connectivity index (χ1) is 17.7. The Hall–Kier alpha value is -3.64. The number of carbonyl (C=O) groups is 2. The highest BCUT2D eigenvalue weighted by molar-refractivity contribution is 5.87. The zero-order chi connectivity index (χ0) is 26.4. The van der Waals surface area contributed by atoms with E-state index in [1.807, 2.05) is 80.3 Å². The summed E-state index contributed by atoms with van der Waals surface area (Å²) in [6, 6.07) is 27.5. The van der Waals surface area contributed by atoms with Crippen molar-refractivity contribution in [3.05, 3.63) is 96.1 Å². The van der Waals surface area contributed by atoms with Crippen LogP contribution in [0.25, 0.3) is 11.1 Å². The fourth-order valence-electron chi connectivity index (χ4n) is 4.75. The van der Waals surface area contributed by atoms with E-state index in [2.05, 4.69) is 30.3 Å². The zero-order valence-corrected chi connectivity index (χ0v) is 22.0. The van der Waals surface area contributed by atoms with Crippen LogP contribution in [0, 0.1) is 0 Å². The van der Waals surface area contributed by atoms with Crippen molar-refractivity contribution in [3.63, 3.8) is 0 Å². The molecular weight excluding hydrogens is 462 g/mol. The van der Waals surface area contributed by atoms with Gasteiger partial charge in [-0.3, -0.25) is 9.69 Å². The van der Waals surface area contributed by atoms with Crippen LogP contribution in [0.4, 0.5) is 4.79 Å². The Kier molecular flexibility index (Phi) is 8.29. The van der Waals surface area contributed by atoms with Gasteiger partial charge in [-0.05, 0) is 55.9 Å². The second kappa shape index (κ2) is 11.6. The van der Waals surface area contributed by atoms with E-state index in [0.29, 0.717) is 32.5 Å². The third kappa shape index (κ3) is 7.20. The number of rotatable bonds is 7. The average molecular weight is 500 g/mol. The summed E-state index contributed by atoms with van der Waals surface area (Å²) in [5, 5.41) is 0. The predicted molar refractivity (Wildman–Crippen MR) is 147 cm³/mol. The first kappa shape index (κ1) is 26.4. The Morgan fingerprint density at radius 2 is 1.54 bits per heavy atom. The van der Waals surface area contributed by atoms with Crippen molar-refractivity contribution in [1.29, 1.82) is 0 Å². The molecule has 0 spiro atoms. The first-order valence-electron chi connectivity index (χ1n) is 12.9. The second-order valence-corrected chi connectivity index (χ2v) is 10.7. The van der Waals surface area contributed by atoms with Gasteiger partial charge in [-0.15, -0.1) is 0 Å². The molecule has 0 saturated carbocycles. The molecule has 1 heterocycles. The lowest BCUT2D eigenvalue weighted by Crippen LogP contribution is -2.60. The molecule has 2 atom stereocenters. The van der Waals surface area contributed by atoms with Crippen molar-refractivity contribution in [2.24, 2.45) is 5.73 Å². The number of nitrogens with two attached hydrogens (primary N) is 1. The molecular formula is C31H37N3O3. The van der Waals surface area contributed by atoms with Gasteiger partial charge in [0.25, 0.3) is 0 Å². The molecule has 0 radical (unpaired) electrons. The molecule has 6 heteroatoms. The lowest BCUT2D eigenvalue weighted by molar-refractivity contribution is -0.142. The van der Waals surface area contributed by atoms with Crippen molar-refractivity contribution in [3.8, 4) is 11.1 Å². The number of nitrogens with zero attached hydrogens (tertiary/aromatic N) is 2. The number of benzene rings is 3. The second-order valence-electron chi connectivity index (χ2n) is 10.7. The number of hydrogen-bond donors (Lipinski definition) is 1. The number of ether oxygens (including phenoxy) is 1. The molecule has 194 valence electrons. The van der Waals surface area contributed by atoms with Crippen molar-refractivity contribution >= 4 is 12.0 Å². The molecule has 1 saturated heterocycles. The highest BCUT2D eigenvalue weighted by Crippen LogP contribution is 2.24. The highest BCUT2D eigenvalue weighted by Gasteiger charge is 2.40. The summed E-state index contributed by atoms with van der Waals surface area (Å²) in [5.74, 6) is -0.0885. The average Bonchev–Trinajstić information content (AvgIpc) is 2.87. The number of amides is 2. The summed E-state index contributed by atoms with van der Waals surface area (Å²) in [5.41, 5.74) is 10.4. The number of carbonyl (C=O) groups excluding carboxylic acids is 2. The SMILES string of the molecule is CC(C)(C)OC(=O)N1CCN(Cc2ccccc2)C(=O)[C@@H]1C[C@@H](N)Cc1cccc(-c2ccccc2)c1. The van der Waals surface area contributed by atoms with E-state index in [-0.39, 0.29) is 11.9 Å². The van der Waals surface area contributed by atoms with E-state index >= 15 is 0 Å². The molecule has 0 aromatic heterocycles. The van der Waals surface area contributed by atoms with Crippen LogP contribution in [0.5, 0.6) is 0 Å². The van der Waals surface area contributed by atoms with Crippen LogP contribution in [0.15, 0.2) is 84.9 Å². The molecule has 0 unspecified atom stereocenters. The van der Waals surface area contributed by atoms with Gasteiger partial charge in [-0.1, -0.05) is 84.9 Å². The smallest absolute Gasteiger partial charge is 0.411 e. The minimum Gasteiger partial charge on any atom is -0.444 e. The van der Waals surface area contributed by atoms with Crippen LogP contribution < -0.4 is 5.73 Å². The van der Waals surface area contributed by atoms with Crippen LogP contribution in [-0.4, -0.2) is 52.6 Å². The van der Waals surface area contributed by atoms with Gasteiger partial charge in [-0.25, -0.2) is 4.79 Å².